The highest BCUT2D eigenvalue weighted by Crippen LogP contribution is 2.21. The lowest BCUT2D eigenvalue weighted by atomic mass is 10.1. The zero-order valence-electron chi connectivity index (χ0n) is 6.23. The van der Waals surface area contributed by atoms with Crippen LogP contribution in [0.3, 0.4) is 0 Å². The van der Waals surface area contributed by atoms with Crippen molar-refractivity contribution in [3.05, 3.63) is 29.6 Å². The molecule has 2 nitrogen and oxygen atoms in total. The third kappa shape index (κ3) is 1.14. The van der Waals surface area contributed by atoms with E-state index in [1.54, 1.807) is 6.07 Å². The molecule has 1 heterocycles. The lowest BCUT2D eigenvalue weighted by molar-refractivity contribution is 0.628. The van der Waals surface area contributed by atoms with Crippen LogP contribution in [0, 0.1) is 5.82 Å². The highest BCUT2D eigenvalue weighted by molar-refractivity contribution is 7.80. The average Bonchev–Trinajstić information content (AvgIpc) is 2.07. The lowest BCUT2D eigenvalue weighted by Crippen LogP contribution is -2.33. The molecule has 0 radical (unpaired) electrons. The maximum Gasteiger partial charge on any atom is 0.171 e. The van der Waals surface area contributed by atoms with E-state index >= 15 is 0 Å². The zero-order chi connectivity index (χ0) is 8.55. The monoisotopic (exact) mass is 182 g/mol. The van der Waals surface area contributed by atoms with Crippen molar-refractivity contribution in [1.29, 1.82) is 0 Å². The molecule has 0 aromatic heterocycles. The summed E-state index contributed by atoms with van der Waals surface area (Å²) in [5, 5.41) is 6.17. The highest BCUT2D eigenvalue weighted by atomic mass is 32.1. The summed E-state index contributed by atoms with van der Waals surface area (Å²) in [7, 11) is 0. The van der Waals surface area contributed by atoms with Crippen molar-refractivity contribution in [2.45, 2.75) is 6.54 Å². The molecule has 0 bridgehead atoms. The zero-order valence-corrected chi connectivity index (χ0v) is 7.04. The molecule has 0 unspecified atom stereocenters. The SMILES string of the molecule is Fc1cccc2c1NC(=S)NC2. The fourth-order valence-corrected chi connectivity index (χ4v) is 1.36. The Morgan fingerprint density at radius 3 is 3.08 bits per heavy atom. The molecule has 0 aliphatic carbocycles. The minimum Gasteiger partial charge on any atom is -0.358 e. The van der Waals surface area contributed by atoms with Crippen LogP contribution < -0.4 is 10.6 Å². The van der Waals surface area contributed by atoms with Gasteiger partial charge in [0.25, 0.3) is 0 Å². The maximum absolute atomic E-state index is 13.1. The normalized spacial score (nSPS) is 14.6. The molecule has 0 amide bonds. The number of hydrogen-bond donors (Lipinski definition) is 2. The van der Waals surface area contributed by atoms with Crippen LogP contribution in [-0.2, 0) is 6.54 Å². The fourth-order valence-electron chi connectivity index (χ4n) is 1.19. The molecule has 1 aromatic carbocycles. The predicted molar refractivity (Wildman–Crippen MR) is 49.5 cm³/mol. The van der Waals surface area contributed by atoms with Crippen molar-refractivity contribution in [2.75, 3.05) is 5.32 Å². The summed E-state index contributed by atoms with van der Waals surface area (Å²) >= 11 is 4.85. The van der Waals surface area contributed by atoms with Crippen molar-refractivity contribution in [3.8, 4) is 0 Å². The van der Waals surface area contributed by atoms with Crippen molar-refractivity contribution in [2.24, 2.45) is 0 Å². The van der Waals surface area contributed by atoms with Gasteiger partial charge in [-0.25, -0.2) is 4.39 Å². The van der Waals surface area contributed by atoms with Gasteiger partial charge in [0.1, 0.15) is 5.82 Å². The molecule has 1 aromatic rings. The third-order valence-electron chi connectivity index (χ3n) is 1.78. The first-order chi connectivity index (χ1) is 5.77. The summed E-state index contributed by atoms with van der Waals surface area (Å²) in [5.74, 6) is -0.253. The summed E-state index contributed by atoms with van der Waals surface area (Å²) < 4.78 is 13.1. The van der Waals surface area contributed by atoms with Crippen molar-refractivity contribution in [3.63, 3.8) is 0 Å². The van der Waals surface area contributed by atoms with Crippen molar-refractivity contribution < 1.29 is 4.39 Å². The molecular formula is C8H7FN2S. The van der Waals surface area contributed by atoms with Crippen LogP contribution in [0.5, 0.6) is 0 Å². The second kappa shape index (κ2) is 2.71. The first-order valence-corrected chi connectivity index (χ1v) is 4.00. The largest absolute Gasteiger partial charge is 0.358 e. The Kier molecular flexibility index (Phi) is 1.69. The van der Waals surface area contributed by atoms with Gasteiger partial charge in [-0.05, 0) is 23.8 Å². The summed E-state index contributed by atoms with van der Waals surface area (Å²) in [6.45, 7) is 0.596. The van der Waals surface area contributed by atoms with Crippen molar-refractivity contribution >= 4 is 23.0 Å². The molecule has 62 valence electrons. The molecule has 0 fully saturated rings. The van der Waals surface area contributed by atoms with Gasteiger partial charge in [-0.3, -0.25) is 0 Å². The molecule has 12 heavy (non-hydrogen) atoms. The molecular weight excluding hydrogens is 175 g/mol. The second-order valence-corrected chi connectivity index (χ2v) is 2.99. The Labute approximate surface area is 74.8 Å². The molecule has 2 N–H and O–H groups in total. The molecule has 0 saturated heterocycles. The van der Waals surface area contributed by atoms with Crippen LogP contribution in [-0.4, -0.2) is 5.11 Å². The topological polar surface area (TPSA) is 24.1 Å². The van der Waals surface area contributed by atoms with Gasteiger partial charge < -0.3 is 10.6 Å². The molecule has 1 aliphatic rings. The van der Waals surface area contributed by atoms with Crippen LogP contribution in [0.1, 0.15) is 5.56 Å². The Morgan fingerprint density at radius 1 is 1.42 bits per heavy atom. The smallest absolute Gasteiger partial charge is 0.171 e. The number of benzene rings is 1. The van der Waals surface area contributed by atoms with Gasteiger partial charge in [0.15, 0.2) is 5.11 Å². The molecule has 4 heteroatoms. The Balaban J connectivity index is 2.50. The number of anilines is 1. The van der Waals surface area contributed by atoms with Crippen molar-refractivity contribution in [1.82, 2.24) is 5.32 Å². The van der Waals surface area contributed by atoms with Gasteiger partial charge in [0.2, 0.25) is 0 Å². The van der Waals surface area contributed by atoms with E-state index in [0.717, 1.165) is 5.56 Å². The van der Waals surface area contributed by atoms with E-state index in [1.165, 1.54) is 6.07 Å². The summed E-state index contributed by atoms with van der Waals surface area (Å²) in [6.07, 6.45) is 0. The number of para-hydroxylation sites is 1. The predicted octanol–water partition coefficient (Wildman–Crippen LogP) is 1.63. The minimum atomic E-state index is -0.253. The number of hydrogen-bond acceptors (Lipinski definition) is 1. The van der Waals surface area contributed by atoms with E-state index in [4.69, 9.17) is 12.2 Å². The van der Waals surface area contributed by atoms with E-state index in [9.17, 15) is 4.39 Å². The van der Waals surface area contributed by atoms with Crippen LogP contribution in [0.4, 0.5) is 10.1 Å². The first kappa shape index (κ1) is 7.49. The first-order valence-electron chi connectivity index (χ1n) is 3.59. The van der Waals surface area contributed by atoms with Crippen LogP contribution >= 0.6 is 12.2 Å². The van der Waals surface area contributed by atoms with Gasteiger partial charge >= 0.3 is 0 Å². The van der Waals surface area contributed by atoms with Crippen LogP contribution in [0.25, 0.3) is 0 Å². The van der Waals surface area contributed by atoms with E-state index in [0.29, 0.717) is 17.3 Å². The Hall–Kier alpha value is -1.16. The number of fused-ring (bicyclic) bond motifs is 1. The number of rotatable bonds is 0. The quantitative estimate of drug-likeness (QED) is 0.596. The Bertz CT molecular complexity index is 338. The minimum absolute atomic E-state index is 0.253. The van der Waals surface area contributed by atoms with Gasteiger partial charge in [-0.15, -0.1) is 0 Å². The van der Waals surface area contributed by atoms with Gasteiger partial charge in [-0.1, -0.05) is 12.1 Å². The molecule has 0 spiro atoms. The molecule has 1 aliphatic heterocycles. The Morgan fingerprint density at radius 2 is 2.25 bits per heavy atom. The second-order valence-electron chi connectivity index (χ2n) is 2.58. The summed E-state index contributed by atoms with van der Waals surface area (Å²) in [5.41, 5.74) is 1.41. The van der Waals surface area contributed by atoms with E-state index in [-0.39, 0.29) is 5.82 Å². The number of thiocarbonyl (C=S) groups is 1. The van der Waals surface area contributed by atoms with E-state index in [1.807, 2.05) is 6.07 Å². The lowest BCUT2D eigenvalue weighted by Gasteiger charge is -2.20. The van der Waals surface area contributed by atoms with E-state index < -0.39 is 0 Å². The summed E-state index contributed by atoms with van der Waals surface area (Å²) in [6, 6.07) is 4.96. The maximum atomic E-state index is 13.1. The number of halogens is 1. The highest BCUT2D eigenvalue weighted by Gasteiger charge is 2.13. The summed E-state index contributed by atoms with van der Waals surface area (Å²) in [4.78, 5) is 0. The average molecular weight is 182 g/mol. The number of nitrogens with one attached hydrogen (secondary N) is 2. The molecule has 0 saturated carbocycles. The fraction of sp³-hybridized carbons (Fsp3) is 0.125. The van der Waals surface area contributed by atoms with Crippen LogP contribution in [0.15, 0.2) is 18.2 Å². The molecule has 0 atom stereocenters. The van der Waals surface area contributed by atoms with Gasteiger partial charge in [0.05, 0.1) is 5.69 Å². The van der Waals surface area contributed by atoms with Gasteiger partial charge in [0, 0.05) is 6.54 Å². The standard InChI is InChI=1S/C8H7FN2S/c9-6-3-1-2-5-4-10-8(12)11-7(5)6/h1-3H,4H2,(H2,10,11,12). The molecule has 2 rings (SSSR count). The van der Waals surface area contributed by atoms with Crippen LogP contribution in [0.2, 0.25) is 0 Å². The van der Waals surface area contributed by atoms with Gasteiger partial charge in [-0.2, -0.15) is 0 Å². The third-order valence-corrected chi connectivity index (χ3v) is 2.02. The van der Waals surface area contributed by atoms with E-state index in [2.05, 4.69) is 10.6 Å².